The van der Waals surface area contributed by atoms with E-state index in [2.05, 4.69) is 20.9 Å². The fourth-order valence-corrected chi connectivity index (χ4v) is 1.94. The third-order valence-corrected chi connectivity index (χ3v) is 2.69. The van der Waals surface area contributed by atoms with Crippen molar-refractivity contribution < 1.29 is 8.78 Å². The zero-order valence-electron chi connectivity index (χ0n) is 7.35. The van der Waals surface area contributed by atoms with Crippen molar-refractivity contribution in [1.29, 1.82) is 0 Å². The molecule has 1 aromatic heterocycles. The topological polar surface area (TPSA) is 12.9 Å². The number of benzene rings is 1. The van der Waals surface area contributed by atoms with Crippen LogP contribution in [0.25, 0.3) is 10.9 Å². The molecule has 1 nitrogen and oxygen atoms in total. The zero-order chi connectivity index (χ0) is 11.0. The molecule has 0 aliphatic carbocycles. The molecule has 0 saturated carbocycles. The van der Waals surface area contributed by atoms with Crippen LogP contribution in [0.5, 0.6) is 0 Å². The summed E-state index contributed by atoms with van der Waals surface area (Å²) in [6.07, 6.45) is -2.55. The molecule has 78 valence electrons. The lowest BCUT2D eigenvalue weighted by atomic mass is 10.1. The van der Waals surface area contributed by atoms with Crippen LogP contribution in [-0.2, 0) is 0 Å². The Labute approximate surface area is 98.2 Å². The van der Waals surface area contributed by atoms with Crippen LogP contribution in [0.2, 0.25) is 5.15 Å². The van der Waals surface area contributed by atoms with E-state index in [1.165, 1.54) is 6.07 Å². The Morgan fingerprint density at radius 2 is 2.00 bits per heavy atom. The lowest BCUT2D eigenvalue weighted by molar-refractivity contribution is 0.153. The fourth-order valence-electron chi connectivity index (χ4n) is 1.37. The minimum absolute atomic E-state index is 0.0834. The Morgan fingerprint density at radius 3 is 2.67 bits per heavy atom. The molecular formula is C10H5BrClF2N. The molecule has 15 heavy (non-hydrogen) atoms. The van der Waals surface area contributed by atoms with Crippen molar-refractivity contribution in [3.05, 3.63) is 39.5 Å². The van der Waals surface area contributed by atoms with Gasteiger partial charge < -0.3 is 0 Å². The zero-order valence-corrected chi connectivity index (χ0v) is 9.69. The highest BCUT2D eigenvalue weighted by atomic mass is 79.9. The molecule has 0 bridgehead atoms. The number of hydrogen-bond acceptors (Lipinski definition) is 1. The van der Waals surface area contributed by atoms with E-state index in [9.17, 15) is 8.78 Å². The summed E-state index contributed by atoms with van der Waals surface area (Å²) in [5, 5.41) is 0.504. The summed E-state index contributed by atoms with van der Waals surface area (Å²) in [7, 11) is 0. The van der Waals surface area contributed by atoms with Crippen LogP contribution < -0.4 is 0 Å². The van der Waals surface area contributed by atoms with E-state index in [1.807, 2.05) is 0 Å². The van der Waals surface area contributed by atoms with Crippen molar-refractivity contribution in [1.82, 2.24) is 4.98 Å². The van der Waals surface area contributed by atoms with E-state index in [4.69, 9.17) is 11.6 Å². The number of nitrogens with zero attached hydrogens (tertiary/aromatic N) is 1. The van der Waals surface area contributed by atoms with Crippen LogP contribution in [-0.4, -0.2) is 4.98 Å². The Kier molecular flexibility index (Phi) is 2.89. The first-order valence-corrected chi connectivity index (χ1v) is 5.29. The van der Waals surface area contributed by atoms with Gasteiger partial charge in [-0.25, -0.2) is 13.8 Å². The summed E-state index contributed by atoms with van der Waals surface area (Å²) >= 11 is 8.88. The summed E-state index contributed by atoms with van der Waals surface area (Å²) in [5.74, 6) is 0. The molecular weight excluding hydrogens is 287 g/mol. The number of rotatable bonds is 1. The number of halogens is 4. The quantitative estimate of drug-likeness (QED) is 0.701. The molecule has 0 spiro atoms. The van der Waals surface area contributed by atoms with Crippen molar-refractivity contribution in [2.45, 2.75) is 6.43 Å². The molecule has 0 radical (unpaired) electrons. The van der Waals surface area contributed by atoms with E-state index < -0.39 is 6.43 Å². The molecule has 0 aliphatic heterocycles. The summed E-state index contributed by atoms with van der Waals surface area (Å²) in [6, 6.07) is 6.19. The van der Waals surface area contributed by atoms with Gasteiger partial charge in [-0.2, -0.15) is 0 Å². The van der Waals surface area contributed by atoms with Crippen LogP contribution in [0, 0.1) is 0 Å². The molecule has 0 unspecified atom stereocenters. The van der Waals surface area contributed by atoms with E-state index in [0.29, 0.717) is 10.9 Å². The molecule has 2 aromatic rings. The molecule has 0 N–H and O–H groups in total. The van der Waals surface area contributed by atoms with Crippen molar-refractivity contribution in [3.63, 3.8) is 0 Å². The van der Waals surface area contributed by atoms with Crippen molar-refractivity contribution in [2.24, 2.45) is 0 Å². The minimum Gasteiger partial charge on any atom is -0.236 e. The number of aromatic nitrogens is 1. The molecule has 1 aromatic carbocycles. The average molecular weight is 293 g/mol. The van der Waals surface area contributed by atoms with Gasteiger partial charge in [0.25, 0.3) is 6.43 Å². The number of hydrogen-bond donors (Lipinski definition) is 0. The van der Waals surface area contributed by atoms with E-state index in [1.54, 1.807) is 18.2 Å². The van der Waals surface area contributed by atoms with Crippen LogP contribution >= 0.6 is 27.5 Å². The molecule has 2 rings (SSSR count). The van der Waals surface area contributed by atoms with Gasteiger partial charge in [-0.1, -0.05) is 27.5 Å². The maximum absolute atomic E-state index is 12.7. The van der Waals surface area contributed by atoms with E-state index >= 15 is 0 Å². The lowest BCUT2D eigenvalue weighted by Crippen LogP contribution is -1.90. The van der Waals surface area contributed by atoms with Crippen molar-refractivity contribution >= 4 is 38.4 Å². The second-order valence-electron chi connectivity index (χ2n) is 3.00. The van der Waals surface area contributed by atoms with E-state index in [-0.39, 0.29) is 10.7 Å². The van der Waals surface area contributed by atoms with Crippen LogP contribution in [0.1, 0.15) is 12.0 Å². The molecule has 0 saturated heterocycles. The smallest absolute Gasteiger partial charge is 0.236 e. The van der Waals surface area contributed by atoms with Gasteiger partial charge in [0.15, 0.2) is 0 Å². The van der Waals surface area contributed by atoms with Crippen molar-refractivity contribution in [3.8, 4) is 0 Å². The van der Waals surface area contributed by atoms with Crippen molar-refractivity contribution in [2.75, 3.05) is 0 Å². The summed E-state index contributed by atoms with van der Waals surface area (Å²) in [5.41, 5.74) is 0.382. The fraction of sp³-hybridized carbons (Fsp3) is 0.100. The Balaban J connectivity index is 2.81. The normalized spacial score (nSPS) is 11.3. The average Bonchev–Trinajstić information content (AvgIpc) is 2.17. The first kappa shape index (κ1) is 10.8. The Bertz CT molecular complexity index is 516. The number of pyridine rings is 1. The molecule has 0 atom stereocenters. The van der Waals surface area contributed by atoms with Gasteiger partial charge in [0, 0.05) is 15.4 Å². The maximum Gasteiger partial charge on any atom is 0.264 e. The van der Waals surface area contributed by atoms with Gasteiger partial charge in [-0.3, -0.25) is 0 Å². The predicted molar refractivity (Wildman–Crippen MR) is 59.4 cm³/mol. The van der Waals surface area contributed by atoms with Gasteiger partial charge in [0.05, 0.1) is 5.52 Å². The SMILES string of the molecule is FC(F)c1cc(Cl)nc2ccc(Br)cc12. The van der Waals surface area contributed by atoms with Gasteiger partial charge >= 0.3 is 0 Å². The highest BCUT2D eigenvalue weighted by molar-refractivity contribution is 9.10. The Hall–Kier alpha value is -0.740. The molecule has 0 aliphatic rings. The standard InChI is InChI=1S/C10H5BrClF2N/c11-5-1-2-8-6(3-5)7(10(13)14)4-9(12)15-8/h1-4,10H. The largest absolute Gasteiger partial charge is 0.264 e. The number of alkyl halides is 2. The lowest BCUT2D eigenvalue weighted by Gasteiger charge is -2.06. The highest BCUT2D eigenvalue weighted by Gasteiger charge is 2.13. The summed E-state index contributed by atoms with van der Waals surface area (Å²) in [4.78, 5) is 3.97. The molecule has 0 amide bonds. The minimum atomic E-state index is -2.55. The molecule has 0 fully saturated rings. The van der Waals surface area contributed by atoms with Gasteiger partial charge in [-0.15, -0.1) is 0 Å². The summed E-state index contributed by atoms with van der Waals surface area (Å²) < 4.78 is 26.2. The predicted octanol–water partition coefficient (Wildman–Crippen LogP) is 4.59. The van der Waals surface area contributed by atoms with Crippen LogP contribution in [0.3, 0.4) is 0 Å². The van der Waals surface area contributed by atoms with Crippen LogP contribution in [0.15, 0.2) is 28.7 Å². The second kappa shape index (κ2) is 4.02. The van der Waals surface area contributed by atoms with Crippen LogP contribution in [0.4, 0.5) is 8.78 Å². The third kappa shape index (κ3) is 2.11. The van der Waals surface area contributed by atoms with Gasteiger partial charge in [-0.05, 0) is 24.3 Å². The Morgan fingerprint density at radius 1 is 1.27 bits per heavy atom. The summed E-state index contributed by atoms with van der Waals surface area (Å²) in [6.45, 7) is 0. The molecule has 1 heterocycles. The first-order chi connectivity index (χ1) is 7.08. The van der Waals surface area contributed by atoms with E-state index in [0.717, 1.165) is 4.47 Å². The first-order valence-electron chi connectivity index (χ1n) is 4.12. The third-order valence-electron chi connectivity index (χ3n) is 2.01. The number of fused-ring (bicyclic) bond motifs is 1. The highest BCUT2D eigenvalue weighted by Crippen LogP contribution is 2.30. The maximum atomic E-state index is 12.7. The van der Waals surface area contributed by atoms with Gasteiger partial charge in [0.2, 0.25) is 0 Å². The second-order valence-corrected chi connectivity index (χ2v) is 4.30. The molecule has 5 heteroatoms. The monoisotopic (exact) mass is 291 g/mol. The van der Waals surface area contributed by atoms with Gasteiger partial charge in [0.1, 0.15) is 5.15 Å².